The fourth-order valence-corrected chi connectivity index (χ4v) is 2.64. The minimum Gasteiger partial charge on any atom is -0.480 e. The van der Waals surface area contributed by atoms with E-state index in [1.165, 1.54) is 18.2 Å². The van der Waals surface area contributed by atoms with Gasteiger partial charge in [-0.3, -0.25) is 4.79 Å². The number of nitrogens with one attached hydrogen (secondary N) is 1. The highest BCUT2D eigenvalue weighted by Crippen LogP contribution is 2.28. The van der Waals surface area contributed by atoms with Gasteiger partial charge in [0.2, 0.25) is 0 Å². The number of hydrogen-bond acceptors (Lipinski definition) is 2. The van der Waals surface area contributed by atoms with Crippen molar-refractivity contribution < 1.29 is 19.1 Å². The number of rotatable bonds is 3. The van der Waals surface area contributed by atoms with Gasteiger partial charge in [0.05, 0.1) is 0 Å². The van der Waals surface area contributed by atoms with Crippen molar-refractivity contribution in [1.82, 2.24) is 5.32 Å². The van der Waals surface area contributed by atoms with Crippen molar-refractivity contribution in [2.24, 2.45) is 0 Å². The van der Waals surface area contributed by atoms with Gasteiger partial charge in [-0.15, -0.1) is 0 Å². The van der Waals surface area contributed by atoms with Crippen molar-refractivity contribution >= 4 is 11.9 Å². The maximum Gasteiger partial charge on any atom is 0.329 e. The monoisotopic (exact) mass is 279 g/mol. The van der Waals surface area contributed by atoms with Gasteiger partial charge in [-0.25, -0.2) is 9.18 Å². The largest absolute Gasteiger partial charge is 0.480 e. The number of aliphatic carboxylic acids is 1. The lowest BCUT2D eigenvalue weighted by Gasteiger charge is -2.29. The minimum absolute atomic E-state index is 0.148. The predicted octanol–water partition coefficient (Wildman–Crippen LogP) is 2.73. The van der Waals surface area contributed by atoms with Crippen LogP contribution in [-0.4, -0.2) is 22.5 Å². The van der Waals surface area contributed by atoms with Crippen LogP contribution in [0.1, 0.15) is 48.9 Å². The Hall–Kier alpha value is -1.91. The average Bonchev–Trinajstić information content (AvgIpc) is 2.65. The number of carbonyl (C=O) groups excluding carboxylic acids is 1. The second-order valence-corrected chi connectivity index (χ2v) is 5.27. The van der Waals surface area contributed by atoms with Crippen LogP contribution >= 0.6 is 0 Å². The summed E-state index contributed by atoms with van der Waals surface area (Å²) in [6.07, 6.45) is 4.34. The lowest BCUT2D eigenvalue weighted by molar-refractivity contribution is -0.145. The zero-order chi connectivity index (χ0) is 14.6. The summed E-state index contributed by atoms with van der Waals surface area (Å²) in [5, 5.41) is 12.1. The topological polar surface area (TPSA) is 66.4 Å². The molecule has 0 aliphatic heterocycles. The number of carbonyl (C=O) groups is 2. The Labute approximate surface area is 117 Å². The van der Waals surface area contributed by atoms with E-state index in [0.29, 0.717) is 12.8 Å². The normalized spacial score (nSPS) is 18.1. The molecule has 108 valence electrons. The van der Waals surface area contributed by atoms with Gasteiger partial charge in [0.1, 0.15) is 11.4 Å². The summed E-state index contributed by atoms with van der Waals surface area (Å²) >= 11 is 0. The van der Waals surface area contributed by atoms with Crippen molar-refractivity contribution in [1.29, 1.82) is 0 Å². The van der Waals surface area contributed by atoms with Gasteiger partial charge in [-0.1, -0.05) is 31.7 Å². The molecule has 4 nitrogen and oxygen atoms in total. The molecule has 2 N–H and O–H groups in total. The highest BCUT2D eigenvalue weighted by molar-refractivity contribution is 5.97. The van der Waals surface area contributed by atoms with Gasteiger partial charge in [0.25, 0.3) is 5.91 Å². The first-order chi connectivity index (χ1) is 9.53. The molecule has 2 rings (SSSR count). The molecule has 1 aliphatic rings. The molecular formula is C15H18FNO3. The number of amides is 1. The van der Waals surface area contributed by atoms with Gasteiger partial charge in [-0.05, 0) is 31.0 Å². The van der Waals surface area contributed by atoms with E-state index in [-0.39, 0.29) is 5.56 Å². The van der Waals surface area contributed by atoms with Crippen LogP contribution in [0.5, 0.6) is 0 Å². The third-order valence-corrected chi connectivity index (χ3v) is 3.81. The fourth-order valence-electron chi connectivity index (χ4n) is 2.64. The summed E-state index contributed by atoms with van der Waals surface area (Å²) in [5.41, 5.74) is -1.07. The molecule has 20 heavy (non-hydrogen) atoms. The molecule has 1 aromatic rings. The van der Waals surface area contributed by atoms with Gasteiger partial charge in [-0.2, -0.15) is 0 Å². The first-order valence-electron chi connectivity index (χ1n) is 6.85. The molecule has 1 saturated carbocycles. The summed E-state index contributed by atoms with van der Waals surface area (Å²) in [7, 11) is 0. The standard InChI is InChI=1S/C15H18FNO3/c16-12-7-5-6-11(10-12)13(18)17-15(14(19)20)8-3-1-2-4-9-15/h5-7,10H,1-4,8-9H2,(H,17,18)(H,19,20). The van der Waals surface area contributed by atoms with Crippen LogP contribution in [0.3, 0.4) is 0 Å². The Morgan fingerprint density at radius 2 is 1.80 bits per heavy atom. The van der Waals surface area contributed by atoms with E-state index >= 15 is 0 Å². The molecule has 0 bridgehead atoms. The molecular weight excluding hydrogens is 261 g/mol. The molecule has 0 heterocycles. The van der Waals surface area contributed by atoms with Gasteiger partial charge in [0, 0.05) is 5.56 Å². The number of carboxylic acid groups (broad SMARTS) is 1. The minimum atomic E-state index is -1.22. The van der Waals surface area contributed by atoms with E-state index in [0.717, 1.165) is 31.7 Å². The fraction of sp³-hybridized carbons (Fsp3) is 0.467. The van der Waals surface area contributed by atoms with Crippen LogP contribution in [0.4, 0.5) is 4.39 Å². The second kappa shape index (κ2) is 6.03. The molecule has 0 unspecified atom stereocenters. The lowest BCUT2D eigenvalue weighted by atomic mass is 9.90. The molecule has 5 heteroatoms. The van der Waals surface area contributed by atoms with E-state index in [9.17, 15) is 19.1 Å². The summed E-state index contributed by atoms with van der Waals surface area (Å²) in [6.45, 7) is 0. The molecule has 0 saturated heterocycles. The first kappa shape index (κ1) is 14.5. The number of carboxylic acids is 1. The molecule has 1 aliphatic carbocycles. The molecule has 0 aromatic heterocycles. The Bertz CT molecular complexity index is 508. The summed E-state index contributed by atoms with van der Waals surface area (Å²) < 4.78 is 13.1. The molecule has 0 spiro atoms. The Morgan fingerprint density at radius 1 is 1.15 bits per heavy atom. The van der Waals surface area contributed by atoms with Crippen LogP contribution in [0, 0.1) is 5.82 Å². The first-order valence-corrected chi connectivity index (χ1v) is 6.85. The van der Waals surface area contributed by atoms with E-state index in [4.69, 9.17) is 0 Å². The number of halogens is 1. The SMILES string of the molecule is O=C(NC1(C(=O)O)CCCCCC1)c1cccc(F)c1. The van der Waals surface area contributed by atoms with E-state index in [2.05, 4.69) is 5.32 Å². The maximum absolute atomic E-state index is 13.1. The van der Waals surface area contributed by atoms with E-state index in [1.807, 2.05) is 0 Å². The second-order valence-electron chi connectivity index (χ2n) is 5.27. The highest BCUT2D eigenvalue weighted by Gasteiger charge is 2.40. The Morgan fingerprint density at radius 3 is 2.35 bits per heavy atom. The predicted molar refractivity (Wildman–Crippen MR) is 71.9 cm³/mol. The number of hydrogen-bond donors (Lipinski definition) is 2. The average molecular weight is 279 g/mol. The van der Waals surface area contributed by atoms with Crippen molar-refractivity contribution in [2.45, 2.75) is 44.1 Å². The van der Waals surface area contributed by atoms with Crippen molar-refractivity contribution in [3.63, 3.8) is 0 Å². The summed E-state index contributed by atoms with van der Waals surface area (Å²) in [6, 6.07) is 5.27. The lowest BCUT2D eigenvalue weighted by Crippen LogP contribution is -2.54. The molecule has 0 atom stereocenters. The van der Waals surface area contributed by atoms with Crippen molar-refractivity contribution in [3.05, 3.63) is 35.6 Å². The summed E-state index contributed by atoms with van der Waals surface area (Å²) in [4.78, 5) is 23.7. The molecule has 1 aromatic carbocycles. The third kappa shape index (κ3) is 3.15. The third-order valence-electron chi connectivity index (χ3n) is 3.81. The quantitative estimate of drug-likeness (QED) is 0.836. The van der Waals surface area contributed by atoms with Crippen LogP contribution in [0.2, 0.25) is 0 Å². The zero-order valence-corrected chi connectivity index (χ0v) is 11.2. The van der Waals surface area contributed by atoms with Gasteiger partial charge < -0.3 is 10.4 Å². The molecule has 0 radical (unpaired) electrons. The zero-order valence-electron chi connectivity index (χ0n) is 11.2. The van der Waals surface area contributed by atoms with Crippen LogP contribution < -0.4 is 5.32 Å². The van der Waals surface area contributed by atoms with Crippen molar-refractivity contribution in [2.75, 3.05) is 0 Å². The Kier molecular flexibility index (Phi) is 4.37. The smallest absolute Gasteiger partial charge is 0.329 e. The van der Waals surface area contributed by atoms with Gasteiger partial charge >= 0.3 is 5.97 Å². The van der Waals surface area contributed by atoms with E-state index in [1.54, 1.807) is 0 Å². The van der Waals surface area contributed by atoms with Gasteiger partial charge in [0.15, 0.2) is 0 Å². The highest BCUT2D eigenvalue weighted by atomic mass is 19.1. The van der Waals surface area contributed by atoms with Crippen LogP contribution in [0.25, 0.3) is 0 Å². The maximum atomic E-state index is 13.1. The Balaban J connectivity index is 2.19. The van der Waals surface area contributed by atoms with E-state index < -0.39 is 23.2 Å². The van der Waals surface area contributed by atoms with Crippen molar-refractivity contribution in [3.8, 4) is 0 Å². The van der Waals surface area contributed by atoms with Crippen LogP contribution in [-0.2, 0) is 4.79 Å². The molecule has 1 amide bonds. The summed E-state index contributed by atoms with van der Waals surface area (Å²) in [5.74, 6) is -2.05. The number of benzene rings is 1. The molecule has 1 fully saturated rings. The van der Waals surface area contributed by atoms with Crippen LogP contribution in [0.15, 0.2) is 24.3 Å².